The second-order valence-electron chi connectivity index (χ2n) is 7.34. The fraction of sp³-hybridized carbons (Fsp3) is 0.455. The van der Waals surface area contributed by atoms with Gasteiger partial charge in [-0.05, 0) is 36.6 Å². The van der Waals surface area contributed by atoms with Crippen LogP contribution >= 0.6 is 11.3 Å². The predicted molar refractivity (Wildman–Crippen MR) is 114 cm³/mol. The molecule has 0 radical (unpaired) electrons. The van der Waals surface area contributed by atoms with Crippen molar-refractivity contribution < 1.29 is 19.1 Å². The molecule has 0 bridgehead atoms. The van der Waals surface area contributed by atoms with Gasteiger partial charge < -0.3 is 19.7 Å². The molecule has 0 aliphatic carbocycles. The molecule has 1 aliphatic rings. The molecule has 0 unspecified atom stereocenters. The van der Waals surface area contributed by atoms with Gasteiger partial charge in [-0.3, -0.25) is 9.59 Å². The zero-order valence-corrected chi connectivity index (χ0v) is 18.0. The highest BCUT2D eigenvalue weighted by Gasteiger charge is 2.24. The Morgan fingerprint density at radius 2 is 2.03 bits per heavy atom. The van der Waals surface area contributed by atoms with Gasteiger partial charge in [-0.2, -0.15) is 0 Å². The highest BCUT2D eigenvalue weighted by molar-refractivity contribution is 7.09. The first-order valence-electron chi connectivity index (χ1n) is 9.89. The summed E-state index contributed by atoms with van der Waals surface area (Å²) in [6.45, 7) is 4.94. The van der Waals surface area contributed by atoms with E-state index >= 15 is 0 Å². The lowest BCUT2D eigenvalue weighted by atomic mass is 10.1. The van der Waals surface area contributed by atoms with Crippen molar-refractivity contribution in [3.8, 4) is 11.5 Å². The minimum absolute atomic E-state index is 0.000920. The van der Waals surface area contributed by atoms with E-state index < -0.39 is 0 Å². The molecule has 0 saturated carbocycles. The van der Waals surface area contributed by atoms with Crippen molar-refractivity contribution in [2.45, 2.75) is 45.3 Å². The summed E-state index contributed by atoms with van der Waals surface area (Å²) in [5.74, 6) is 1.07. The van der Waals surface area contributed by atoms with Gasteiger partial charge in [0.05, 0.1) is 12.7 Å². The molecule has 1 fully saturated rings. The molecule has 1 atom stereocenters. The molecule has 1 aromatic heterocycles. The third-order valence-corrected chi connectivity index (χ3v) is 5.98. The van der Waals surface area contributed by atoms with Gasteiger partial charge >= 0.3 is 0 Å². The number of nitrogens with zero attached hydrogens (tertiary/aromatic N) is 1. The number of ether oxygens (including phenoxy) is 2. The number of amides is 2. The Balaban J connectivity index is 1.68. The zero-order chi connectivity index (χ0) is 20.8. The van der Waals surface area contributed by atoms with Crippen LogP contribution < -0.4 is 14.8 Å². The lowest BCUT2D eigenvalue weighted by Gasteiger charge is -2.32. The van der Waals surface area contributed by atoms with E-state index in [1.165, 1.54) is 4.88 Å². The van der Waals surface area contributed by atoms with E-state index in [1.807, 2.05) is 23.3 Å². The van der Waals surface area contributed by atoms with Gasteiger partial charge in [-0.25, -0.2) is 0 Å². The van der Waals surface area contributed by atoms with Crippen LogP contribution in [-0.4, -0.2) is 49.1 Å². The van der Waals surface area contributed by atoms with Crippen LogP contribution in [0.2, 0.25) is 0 Å². The molecule has 2 heterocycles. The van der Waals surface area contributed by atoms with Crippen molar-refractivity contribution >= 4 is 23.2 Å². The first-order chi connectivity index (χ1) is 14.0. The molecular formula is C22H28N2O4S. The van der Waals surface area contributed by atoms with Crippen LogP contribution in [0.1, 0.15) is 41.9 Å². The summed E-state index contributed by atoms with van der Waals surface area (Å²) in [5, 5.41) is 5.10. The van der Waals surface area contributed by atoms with Crippen LogP contribution in [0.15, 0.2) is 35.7 Å². The number of likely N-dealkylation sites (tertiary alicyclic amines) is 1. The highest BCUT2D eigenvalue weighted by atomic mass is 32.1. The third-order valence-electron chi connectivity index (χ3n) is 5.08. The number of rotatable bonds is 7. The molecule has 29 heavy (non-hydrogen) atoms. The van der Waals surface area contributed by atoms with E-state index in [2.05, 4.69) is 11.4 Å². The highest BCUT2D eigenvalue weighted by Crippen LogP contribution is 2.27. The molecule has 0 spiro atoms. The maximum atomic E-state index is 13.0. The van der Waals surface area contributed by atoms with E-state index in [9.17, 15) is 9.59 Å². The molecular weight excluding hydrogens is 388 g/mol. The van der Waals surface area contributed by atoms with Crippen LogP contribution in [0.25, 0.3) is 0 Å². The van der Waals surface area contributed by atoms with Gasteiger partial charge in [0.15, 0.2) is 0 Å². The summed E-state index contributed by atoms with van der Waals surface area (Å²) in [5.41, 5.74) is 0.469. The number of piperidine rings is 1. The number of nitrogens with one attached hydrogen (secondary N) is 1. The van der Waals surface area contributed by atoms with Gasteiger partial charge in [0, 0.05) is 50.2 Å². The van der Waals surface area contributed by atoms with Crippen LogP contribution in [0.4, 0.5) is 0 Å². The average molecular weight is 417 g/mol. The lowest BCUT2D eigenvalue weighted by Crippen LogP contribution is -2.41. The van der Waals surface area contributed by atoms with Crippen LogP contribution in [-0.2, 0) is 11.2 Å². The summed E-state index contributed by atoms with van der Waals surface area (Å²) >= 11 is 1.68. The summed E-state index contributed by atoms with van der Waals surface area (Å²) in [6, 6.07) is 9.38. The molecule has 6 nitrogen and oxygen atoms in total. The largest absolute Gasteiger partial charge is 0.497 e. The second kappa shape index (κ2) is 9.78. The Labute approximate surface area is 175 Å². The number of hydrogen-bond acceptors (Lipinski definition) is 5. The van der Waals surface area contributed by atoms with E-state index in [0.717, 1.165) is 19.3 Å². The Kier molecular flexibility index (Phi) is 7.14. The van der Waals surface area contributed by atoms with Crippen LogP contribution in [0.5, 0.6) is 11.5 Å². The van der Waals surface area contributed by atoms with Crippen molar-refractivity contribution in [1.29, 1.82) is 0 Å². The summed E-state index contributed by atoms with van der Waals surface area (Å²) in [6.07, 6.45) is 2.27. The van der Waals surface area contributed by atoms with E-state index in [1.54, 1.807) is 43.6 Å². The standard InChI is InChI=1S/C22H28N2O4S/c1-15(13-19-5-4-12-29-19)23-22(26)20-14-18(27-3)6-7-21(20)28-17-8-10-24(11-9-17)16(2)25/h4-7,12,14-15,17H,8-11,13H2,1-3H3,(H,23,26)/t15-/m0/s1. The average Bonchev–Trinajstić information content (AvgIpc) is 3.21. The zero-order valence-electron chi connectivity index (χ0n) is 17.1. The molecule has 3 rings (SSSR count). The topological polar surface area (TPSA) is 67.9 Å². The number of benzene rings is 1. The van der Waals surface area contributed by atoms with Gasteiger partial charge in [0.25, 0.3) is 5.91 Å². The van der Waals surface area contributed by atoms with E-state index in [0.29, 0.717) is 30.2 Å². The van der Waals surface area contributed by atoms with Gasteiger partial charge in [-0.1, -0.05) is 6.07 Å². The summed E-state index contributed by atoms with van der Waals surface area (Å²) in [4.78, 5) is 27.5. The van der Waals surface area contributed by atoms with Crippen LogP contribution in [0.3, 0.4) is 0 Å². The van der Waals surface area contributed by atoms with Crippen molar-refractivity contribution in [2.24, 2.45) is 0 Å². The first kappa shape index (κ1) is 21.2. The number of carbonyl (C=O) groups is 2. The smallest absolute Gasteiger partial charge is 0.255 e. The fourth-order valence-corrected chi connectivity index (χ4v) is 4.30. The normalized spacial score (nSPS) is 15.6. The SMILES string of the molecule is COc1ccc(OC2CCN(C(C)=O)CC2)c(C(=O)N[C@@H](C)Cc2cccs2)c1. The van der Waals surface area contributed by atoms with E-state index in [4.69, 9.17) is 9.47 Å². The monoisotopic (exact) mass is 416 g/mol. The number of hydrogen-bond donors (Lipinski definition) is 1. The third kappa shape index (κ3) is 5.73. The lowest BCUT2D eigenvalue weighted by molar-refractivity contribution is -0.130. The van der Waals surface area contributed by atoms with Crippen molar-refractivity contribution in [1.82, 2.24) is 10.2 Å². The van der Waals surface area contributed by atoms with Gasteiger partial charge in [0.1, 0.15) is 17.6 Å². The van der Waals surface area contributed by atoms with Gasteiger partial charge in [0.2, 0.25) is 5.91 Å². The molecule has 1 aliphatic heterocycles. The Hall–Kier alpha value is -2.54. The first-order valence-corrected chi connectivity index (χ1v) is 10.8. The Bertz CT molecular complexity index is 829. The van der Waals surface area contributed by atoms with Crippen LogP contribution in [0, 0.1) is 0 Å². The molecule has 7 heteroatoms. The summed E-state index contributed by atoms with van der Waals surface area (Å²) in [7, 11) is 1.58. The maximum Gasteiger partial charge on any atom is 0.255 e. The predicted octanol–water partition coefficient (Wildman–Crippen LogP) is 3.51. The molecule has 1 saturated heterocycles. The number of methoxy groups -OCH3 is 1. The number of carbonyl (C=O) groups excluding carboxylic acids is 2. The molecule has 2 amide bonds. The quantitative estimate of drug-likeness (QED) is 0.750. The van der Waals surface area contributed by atoms with Crippen molar-refractivity contribution in [3.63, 3.8) is 0 Å². The Morgan fingerprint density at radius 1 is 1.28 bits per heavy atom. The minimum atomic E-state index is -0.177. The molecule has 156 valence electrons. The minimum Gasteiger partial charge on any atom is -0.497 e. The molecule has 1 aromatic carbocycles. The molecule has 1 N–H and O–H groups in total. The Morgan fingerprint density at radius 3 is 2.66 bits per heavy atom. The molecule has 2 aromatic rings. The van der Waals surface area contributed by atoms with Crippen molar-refractivity contribution in [3.05, 3.63) is 46.2 Å². The fourth-order valence-electron chi connectivity index (χ4n) is 3.47. The summed E-state index contributed by atoms with van der Waals surface area (Å²) < 4.78 is 11.5. The second-order valence-corrected chi connectivity index (χ2v) is 8.38. The van der Waals surface area contributed by atoms with Crippen molar-refractivity contribution in [2.75, 3.05) is 20.2 Å². The maximum absolute atomic E-state index is 13.0. The number of thiophene rings is 1. The van der Waals surface area contributed by atoms with E-state index in [-0.39, 0.29) is 24.0 Å². The van der Waals surface area contributed by atoms with Gasteiger partial charge in [-0.15, -0.1) is 11.3 Å².